The van der Waals surface area contributed by atoms with Crippen molar-refractivity contribution >= 4 is 22.6 Å². The first kappa shape index (κ1) is 18.2. The number of ketones is 1. The highest BCUT2D eigenvalue weighted by molar-refractivity contribution is 6.24. The first-order valence-corrected chi connectivity index (χ1v) is 8.85. The van der Waals surface area contributed by atoms with E-state index in [1.165, 1.54) is 0 Å². The minimum Gasteiger partial charge on any atom is -0.496 e. The van der Waals surface area contributed by atoms with Gasteiger partial charge in [0.25, 0.3) is 0 Å². The number of ether oxygens (including phenoxy) is 1. The Morgan fingerprint density at radius 1 is 1.00 bits per heavy atom. The molecule has 2 aromatic rings. The number of Topliss-reactive ketones (excluding diaryl/α,β-unsaturated/α-hetero) is 1. The van der Waals surface area contributed by atoms with Gasteiger partial charge >= 0.3 is 0 Å². The number of carbonyl (C=O) groups excluding carboxylic acids is 1. The fraction of sp³-hybridized carbons (Fsp3) is 0.391. The Bertz CT molecular complexity index is 1010. The quantitative estimate of drug-likeness (QED) is 0.670. The van der Waals surface area contributed by atoms with Gasteiger partial charge in [0.05, 0.1) is 18.7 Å². The molecule has 1 aliphatic rings. The average Bonchev–Trinajstić information content (AvgIpc) is 2.54. The minimum absolute atomic E-state index is 0.00217. The number of rotatable bonds is 1. The third-order valence-electron chi connectivity index (χ3n) is 4.95. The molecular weight excluding hydrogens is 322 g/mol. The number of nitriles is 1. The maximum atomic E-state index is 13.2. The predicted octanol–water partition coefficient (Wildman–Crippen LogP) is 5.64. The summed E-state index contributed by atoms with van der Waals surface area (Å²) < 4.78 is 5.75. The van der Waals surface area contributed by atoms with Gasteiger partial charge in [-0.3, -0.25) is 4.79 Å². The lowest BCUT2D eigenvalue weighted by Crippen LogP contribution is -2.22. The van der Waals surface area contributed by atoms with Gasteiger partial charge in [0.1, 0.15) is 5.75 Å². The lowest BCUT2D eigenvalue weighted by atomic mass is 9.74. The summed E-state index contributed by atoms with van der Waals surface area (Å²) in [6.45, 7) is 12.5. The van der Waals surface area contributed by atoms with Crippen molar-refractivity contribution in [2.75, 3.05) is 7.11 Å². The van der Waals surface area contributed by atoms with E-state index in [1.54, 1.807) is 13.2 Å². The molecule has 0 bridgehead atoms. The fourth-order valence-electron chi connectivity index (χ4n) is 3.63. The highest BCUT2D eigenvalue weighted by Gasteiger charge is 2.32. The molecule has 3 nitrogen and oxygen atoms in total. The van der Waals surface area contributed by atoms with E-state index in [9.17, 15) is 10.1 Å². The second kappa shape index (κ2) is 5.71. The van der Waals surface area contributed by atoms with Crippen LogP contribution in [0.2, 0.25) is 0 Å². The lowest BCUT2D eigenvalue weighted by Gasteiger charge is -2.29. The van der Waals surface area contributed by atoms with E-state index in [4.69, 9.17) is 4.74 Å². The second-order valence-electron chi connectivity index (χ2n) is 8.99. The van der Waals surface area contributed by atoms with Crippen LogP contribution in [0.5, 0.6) is 5.75 Å². The van der Waals surface area contributed by atoms with Crippen LogP contribution in [0.4, 0.5) is 0 Å². The molecule has 0 atom stereocenters. The summed E-state index contributed by atoms with van der Waals surface area (Å²) in [4.78, 5) is 13.2. The van der Waals surface area contributed by atoms with Crippen LogP contribution in [0.1, 0.15) is 68.6 Å². The minimum atomic E-state index is -0.272. The first-order valence-electron chi connectivity index (χ1n) is 8.85. The van der Waals surface area contributed by atoms with Gasteiger partial charge in [0.15, 0.2) is 5.78 Å². The number of hydrogen-bond donors (Lipinski definition) is 0. The molecule has 0 N–H and O–H groups in total. The van der Waals surface area contributed by atoms with Crippen molar-refractivity contribution in [2.24, 2.45) is 5.41 Å². The smallest absolute Gasteiger partial charge is 0.190 e. The zero-order valence-corrected chi connectivity index (χ0v) is 16.6. The van der Waals surface area contributed by atoms with Crippen LogP contribution in [0.25, 0.3) is 16.8 Å². The fourth-order valence-corrected chi connectivity index (χ4v) is 3.63. The topological polar surface area (TPSA) is 50.1 Å². The molecule has 2 aromatic carbocycles. The normalized spacial score (nSPS) is 14.2. The van der Waals surface area contributed by atoms with Gasteiger partial charge < -0.3 is 4.74 Å². The summed E-state index contributed by atoms with van der Waals surface area (Å²) >= 11 is 0. The van der Waals surface area contributed by atoms with Crippen molar-refractivity contribution in [2.45, 2.75) is 47.0 Å². The number of carbonyl (C=O) groups is 1. The molecule has 0 unspecified atom stereocenters. The van der Waals surface area contributed by atoms with Gasteiger partial charge in [0.2, 0.25) is 0 Å². The molecule has 1 aliphatic carbocycles. The average molecular weight is 347 g/mol. The summed E-state index contributed by atoms with van der Waals surface area (Å²) in [5.74, 6) is 0.743. The highest BCUT2D eigenvalue weighted by atomic mass is 16.5. The van der Waals surface area contributed by atoms with Crippen LogP contribution >= 0.6 is 0 Å². The van der Waals surface area contributed by atoms with Crippen molar-refractivity contribution in [1.29, 1.82) is 5.26 Å². The van der Waals surface area contributed by atoms with Gasteiger partial charge in [-0.1, -0.05) is 41.5 Å². The Labute approximate surface area is 155 Å². The Hall–Kier alpha value is -2.60. The molecule has 26 heavy (non-hydrogen) atoms. The first-order chi connectivity index (χ1) is 12.0. The van der Waals surface area contributed by atoms with Crippen LogP contribution in [0.3, 0.4) is 0 Å². The van der Waals surface area contributed by atoms with Crippen LogP contribution in [0, 0.1) is 16.7 Å². The maximum Gasteiger partial charge on any atom is 0.190 e. The second-order valence-corrected chi connectivity index (χ2v) is 8.99. The molecular formula is C23H25NO2. The van der Waals surface area contributed by atoms with Crippen LogP contribution < -0.4 is 4.74 Å². The number of hydrogen-bond acceptors (Lipinski definition) is 3. The summed E-state index contributed by atoms with van der Waals surface area (Å²) in [7, 11) is 1.65. The van der Waals surface area contributed by atoms with E-state index in [-0.39, 0.29) is 16.6 Å². The Kier molecular flexibility index (Phi) is 3.99. The van der Waals surface area contributed by atoms with E-state index >= 15 is 0 Å². The van der Waals surface area contributed by atoms with E-state index in [2.05, 4.69) is 32.9 Å². The van der Waals surface area contributed by atoms with Crippen molar-refractivity contribution in [3.05, 3.63) is 46.0 Å². The van der Waals surface area contributed by atoms with Crippen molar-refractivity contribution in [3.63, 3.8) is 0 Å². The molecule has 3 rings (SSSR count). The number of nitrogens with zero attached hydrogens (tertiary/aromatic N) is 1. The molecule has 0 aliphatic heterocycles. The maximum absolute atomic E-state index is 13.2. The summed E-state index contributed by atoms with van der Waals surface area (Å²) in [6, 6.07) is 7.87. The molecule has 134 valence electrons. The van der Waals surface area contributed by atoms with Gasteiger partial charge in [-0.05, 0) is 40.7 Å². The zero-order chi connectivity index (χ0) is 19.4. The van der Waals surface area contributed by atoms with Gasteiger partial charge in [-0.15, -0.1) is 0 Å². The van der Waals surface area contributed by atoms with Crippen LogP contribution in [0.15, 0.2) is 23.8 Å². The van der Waals surface area contributed by atoms with Crippen molar-refractivity contribution < 1.29 is 9.53 Å². The monoisotopic (exact) mass is 347 g/mol. The molecule has 0 spiro atoms. The molecule has 0 fully saturated rings. The molecule has 3 heteroatoms. The van der Waals surface area contributed by atoms with Crippen LogP contribution in [-0.4, -0.2) is 12.9 Å². The Balaban J connectivity index is 2.54. The Morgan fingerprint density at radius 3 is 2.15 bits per heavy atom. The van der Waals surface area contributed by atoms with Crippen molar-refractivity contribution in [3.8, 4) is 11.8 Å². The molecule has 0 amide bonds. The van der Waals surface area contributed by atoms with Crippen LogP contribution in [-0.2, 0) is 5.41 Å². The van der Waals surface area contributed by atoms with Crippen molar-refractivity contribution in [1.82, 2.24) is 0 Å². The highest BCUT2D eigenvalue weighted by Crippen LogP contribution is 2.45. The lowest BCUT2D eigenvalue weighted by molar-refractivity contribution is 0.101. The van der Waals surface area contributed by atoms with Gasteiger partial charge in [0, 0.05) is 27.5 Å². The third-order valence-corrected chi connectivity index (χ3v) is 4.95. The van der Waals surface area contributed by atoms with Gasteiger partial charge in [-0.2, -0.15) is 5.26 Å². The van der Waals surface area contributed by atoms with E-state index < -0.39 is 0 Å². The molecule has 0 saturated heterocycles. The Morgan fingerprint density at radius 2 is 1.65 bits per heavy atom. The summed E-state index contributed by atoms with van der Waals surface area (Å²) in [5.41, 5.74) is 3.54. The molecule has 0 radical (unpaired) electrons. The number of methoxy groups -OCH3 is 1. The summed E-state index contributed by atoms with van der Waals surface area (Å²) in [5, 5.41) is 11.2. The molecule has 0 heterocycles. The number of benzene rings is 2. The molecule has 0 saturated carbocycles. The van der Waals surface area contributed by atoms with Gasteiger partial charge in [-0.25, -0.2) is 0 Å². The largest absolute Gasteiger partial charge is 0.496 e. The number of allylic oxidation sites excluding steroid dienone is 1. The zero-order valence-electron chi connectivity index (χ0n) is 16.6. The standard InChI is InChI=1S/C23H25NO2/c1-22(2,3)17-10-14-11-18(23(4,5)6)21(26-7)16-9-13(12-24)8-15(19(14)16)20(17)25/h8-11H,1-7H3. The third kappa shape index (κ3) is 2.70. The van der Waals surface area contributed by atoms with E-state index in [1.807, 2.05) is 32.9 Å². The molecule has 0 aromatic heterocycles. The summed E-state index contributed by atoms with van der Waals surface area (Å²) in [6.07, 6.45) is 2.01. The van der Waals surface area contributed by atoms with E-state index in [0.29, 0.717) is 11.1 Å². The predicted molar refractivity (Wildman–Crippen MR) is 106 cm³/mol. The SMILES string of the molecule is COc1c(C(C)(C)C)cc2c3c(cc(C#N)cc13)C(=O)C(C(C)(C)C)=C2. The van der Waals surface area contributed by atoms with E-state index in [0.717, 1.165) is 33.2 Å².